The van der Waals surface area contributed by atoms with Crippen LogP contribution >= 0.6 is 0 Å². The van der Waals surface area contributed by atoms with Crippen molar-refractivity contribution in [2.45, 2.75) is 123 Å². The van der Waals surface area contributed by atoms with Crippen molar-refractivity contribution in [1.82, 2.24) is 0 Å². The van der Waals surface area contributed by atoms with Gasteiger partial charge < -0.3 is 10.1 Å². The summed E-state index contributed by atoms with van der Waals surface area (Å²) in [6, 6.07) is 20.4. The monoisotopic (exact) mass is 571 g/mol. The van der Waals surface area contributed by atoms with Crippen molar-refractivity contribution in [2.24, 2.45) is 0 Å². The van der Waals surface area contributed by atoms with Crippen LogP contribution in [-0.4, -0.2) is 12.5 Å². The summed E-state index contributed by atoms with van der Waals surface area (Å²) in [6.07, 6.45) is 20.4. The number of nitrogens with zero attached hydrogens (tertiary/aromatic N) is 1. The Morgan fingerprint density at radius 2 is 1.31 bits per heavy atom. The average molecular weight is 572 g/mol. The zero-order valence-corrected chi connectivity index (χ0v) is 26.8. The average Bonchev–Trinajstić information content (AvgIpc) is 2.96. The van der Waals surface area contributed by atoms with Gasteiger partial charge in [0.15, 0.2) is 18.9 Å². The summed E-state index contributed by atoms with van der Waals surface area (Å²) < 4.78 is 8.46. The number of ether oxygens (including phenoxy) is 1. The summed E-state index contributed by atoms with van der Waals surface area (Å²) in [6.45, 7) is 10.4. The minimum Gasteiger partial charge on any atom is -0.493 e. The van der Waals surface area contributed by atoms with Gasteiger partial charge in [0.25, 0.3) is 0 Å². The van der Waals surface area contributed by atoms with Gasteiger partial charge in [-0.1, -0.05) is 129 Å². The van der Waals surface area contributed by atoms with Gasteiger partial charge in [-0.25, -0.2) is 4.57 Å². The van der Waals surface area contributed by atoms with Crippen LogP contribution in [0.1, 0.15) is 121 Å². The van der Waals surface area contributed by atoms with Crippen LogP contribution in [0.4, 0.5) is 5.69 Å². The second-order valence-corrected chi connectivity index (χ2v) is 12.8. The van der Waals surface area contributed by atoms with Gasteiger partial charge in [0.1, 0.15) is 5.75 Å². The summed E-state index contributed by atoms with van der Waals surface area (Å²) in [7, 11) is 0. The van der Waals surface area contributed by atoms with Crippen LogP contribution in [0.3, 0.4) is 0 Å². The van der Waals surface area contributed by atoms with E-state index in [1.165, 1.54) is 81.8 Å². The third-order valence-corrected chi connectivity index (χ3v) is 7.85. The molecular formula is C38H55N2O2+. The van der Waals surface area contributed by atoms with Crippen molar-refractivity contribution in [3.05, 3.63) is 89.7 Å². The molecule has 42 heavy (non-hydrogen) atoms. The first-order valence-corrected chi connectivity index (χ1v) is 16.4. The van der Waals surface area contributed by atoms with Crippen LogP contribution in [-0.2, 0) is 23.2 Å². The maximum Gasteiger partial charge on any atom is 0.228 e. The van der Waals surface area contributed by atoms with Crippen LogP contribution < -0.4 is 14.6 Å². The number of carbonyl (C=O) groups is 1. The summed E-state index contributed by atoms with van der Waals surface area (Å²) >= 11 is 0. The predicted octanol–water partition coefficient (Wildman–Crippen LogP) is 9.58. The summed E-state index contributed by atoms with van der Waals surface area (Å²) in [5.41, 5.74) is 4.15. The maximum atomic E-state index is 12.9. The van der Waals surface area contributed by atoms with Gasteiger partial charge in [-0.2, -0.15) is 0 Å². The number of pyridine rings is 1. The molecule has 0 bridgehead atoms. The highest BCUT2D eigenvalue weighted by atomic mass is 16.5. The lowest BCUT2D eigenvalue weighted by Crippen LogP contribution is -2.32. The summed E-state index contributed by atoms with van der Waals surface area (Å²) in [5, 5.41) is 3.05. The largest absolute Gasteiger partial charge is 0.493 e. The maximum absolute atomic E-state index is 12.9. The van der Waals surface area contributed by atoms with Crippen molar-refractivity contribution in [3.8, 4) is 5.75 Å². The van der Waals surface area contributed by atoms with E-state index in [1.54, 1.807) is 0 Å². The minimum absolute atomic E-state index is 0.0180. The molecule has 0 saturated heterocycles. The predicted molar refractivity (Wildman–Crippen MR) is 176 cm³/mol. The molecule has 1 heterocycles. The molecule has 2 aromatic carbocycles. The fraction of sp³-hybridized carbons (Fsp3) is 0.526. The molecule has 0 aliphatic rings. The van der Waals surface area contributed by atoms with Gasteiger partial charge in [0.05, 0.1) is 13.0 Å². The lowest BCUT2D eigenvalue weighted by atomic mass is 9.85. The van der Waals surface area contributed by atoms with Crippen LogP contribution in [0, 0.1) is 0 Å². The molecule has 1 N–H and O–H groups in total. The molecular weight excluding hydrogens is 516 g/mol. The fourth-order valence-corrected chi connectivity index (χ4v) is 5.38. The Kier molecular flexibility index (Phi) is 14.6. The number of anilines is 1. The van der Waals surface area contributed by atoms with Gasteiger partial charge in [0.2, 0.25) is 5.91 Å². The van der Waals surface area contributed by atoms with Crippen molar-refractivity contribution < 1.29 is 14.1 Å². The van der Waals surface area contributed by atoms with E-state index in [4.69, 9.17) is 4.74 Å². The Morgan fingerprint density at radius 3 is 1.90 bits per heavy atom. The number of hydrogen-bond donors (Lipinski definition) is 1. The van der Waals surface area contributed by atoms with E-state index in [2.05, 4.69) is 80.3 Å². The molecule has 0 spiro atoms. The molecule has 0 aliphatic carbocycles. The zero-order valence-electron chi connectivity index (χ0n) is 26.8. The standard InChI is InChI=1S/C38H54N2O2/c1-5-6-7-8-9-10-11-12-13-14-15-19-28-42-36-29-33(22-25-35(36)38(2,3)4)30-37(41)39-34-23-20-32(21-24-34)31-40-26-17-16-18-27-40/h16-18,20-27,29H,5-15,19,28,30-31H2,1-4H3/p+1. The Bertz CT molecular complexity index is 1170. The Hall–Kier alpha value is -3.14. The molecule has 3 aromatic rings. The highest BCUT2D eigenvalue weighted by molar-refractivity contribution is 5.92. The highest BCUT2D eigenvalue weighted by Gasteiger charge is 2.20. The molecule has 0 unspecified atom stereocenters. The normalized spacial score (nSPS) is 11.4. The van der Waals surface area contributed by atoms with Crippen molar-refractivity contribution >= 4 is 11.6 Å². The quantitative estimate of drug-likeness (QED) is 0.115. The van der Waals surface area contributed by atoms with Crippen LogP contribution in [0.2, 0.25) is 0 Å². The molecule has 0 radical (unpaired) electrons. The molecule has 1 aromatic heterocycles. The lowest BCUT2D eigenvalue weighted by molar-refractivity contribution is -0.688. The first-order chi connectivity index (χ1) is 20.3. The first kappa shape index (κ1) is 33.4. The Morgan fingerprint density at radius 1 is 0.738 bits per heavy atom. The molecule has 1 amide bonds. The number of hydrogen-bond acceptors (Lipinski definition) is 2. The Labute approximate surface area is 255 Å². The fourth-order valence-electron chi connectivity index (χ4n) is 5.38. The number of amides is 1. The third kappa shape index (κ3) is 12.8. The van der Waals surface area contributed by atoms with Gasteiger partial charge in [-0.3, -0.25) is 4.79 Å². The number of nitrogens with one attached hydrogen (secondary N) is 1. The SMILES string of the molecule is CCCCCCCCCCCCCCOc1cc(CC(=O)Nc2ccc(C[n+]3ccccc3)cc2)ccc1C(C)(C)C. The number of unbranched alkanes of at least 4 members (excludes halogenated alkanes) is 11. The second-order valence-electron chi connectivity index (χ2n) is 12.8. The van der Waals surface area contributed by atoms with Gasteiger partial charge in [-0.05, 0) is 41.2 Å². The molecule has 0 fully saturated rings. The minimum atomic E-state index is -0.0214. The van der Waals surface area contributed by atoms with E-state index in [9.17, 15) is 4.79 Å². The molecule has 228 valence electrons. The van der Waals surface area contributed by atoms with E-state index in [0.29, 0.717) is 6.42 Å². The van der Waals surface area contributed by atoms with Gasteiger partial charge in [0, 0.05) is 23.4 Å². The second kappa shape index (κ2) is 18.4. The topological polar surface area (TPSA) is 42.2 Å². The van der Waals surface area contributed by atoms with Crippen LogP contribution in [0.5, 0.6) is 5.75 Å². The summed E-state index contributed by atoms with van der Waals surface area (Å²) in [4.78, 5) is 12.9. The van der Waals surface area contributed by atoms with Crippen molar-refractivity contribution in [3.63, 3.8) is 0 Å². The number of carbonyl (C=O) groups excluding carboxylic acids is 1. The highest BCUT2D eigenvalue weighted by Crippen LogP contribution is 2.32. The molecule has 0 aliphatic heterocycles. The molecule has 4 heteroatoms. The van der Waals surface area contributed by atoms with E-state index >= 15 is 0 Å². The Balaban J connectivity index is 1.41. The van der Waals surface area contributed by atoms with Crippen LogP contribution in [0.25, 0.3) is 0 Å². The zero-order chi connectivity index (χ0) is 30.0. The first-order valence-electron chi connectivity index (χ1n) is 16.4. The third-order valence-electron chi connectivity index (χ3n) is 7.85. The smallest absolute Gasteiger partial charge is 0.228 e. The number of rotatable bonds is 19. The number of benzene rings is 2. The molecule has 0 atom stereocenters. The van der Waals surface area contributed by atoms with E-state index < -0.39 is 0 Å². The molecule has 4 nitrogen and oxygen atoms in total. The molecule has 0 saturated carbocycles. The van der Waals surface area contributed by atoms with E-state index in [1.807, 2.05) is 30.3 Å². The lowest BCUT2D eigenvalue weighted by Gasteiger charge is -2.23. The number of aromatic nitrogens is 1. The van der Waals surface area contributed by atoms with Crippen molar-refractivity contribution in [2.75, 3.05) is 11.9 Å². The van der Waals surface area contributed by atoms with Crippen LogP contribution in [0.15, 0.2) is 73.1 Å². The van der Waals surface area contributed by atoms with Gasteiger partial charge in [-0.15, -0.1) is 0 Å². The van der Waals surface area contributed by atoms with Crippen molar-refractivity contribution in [1.29, 1.82) is 0 Å². The molecule has 3 rings (SSSR count). The van der Waals surface area contributed by atoms with E-state index in [-0.39, 0.29) is 11.3 Å². The summed E-state index contributed by atoms with van der Waals surface area (Å²) in [5.74, 6) is 0.897. The van der Waals surface area contributed by atoms with E-state index in [0.717, 1.165) is 36.6 Å². The van der Waals surface area contributed by atoms with Gasteiger partial charge >= 0.3 is 0 Å².